The Morgan fingerprint density at radius 2 is 1.12 bits per heavy atom. The Labute approximate surface area is 263 Å². The van der Waals surface area contributed by atoms with E-state index in [-0.39, 0.29) is 17.3 Å². The lowest BCUT2D eigenvalue weighted by Gasteiger charge is -2.30. The summed E-state index contributed by atoms with van der Waals surface area (Å²) < 4.78 is 0. The minimum atomic E-state index is -0.959. The molecule has 0 heterocycles. The van der Waals surface area contributed by atoms with Crippen molar-refractivity contribution in [2.45, 2.75) is 124 Å². The van der Waals surface area contributed by atoms with E-state index < -0.39 is 17.4 Å². The molecule has 2 aromatic carbocycles. The molecular weight excluding hydrogens is 560 g/mol. The maximum atomic E-state index is 12.8. The SMILES string of the molecule is Cc1cc(CCCCC(CCCCc2cc(C)cc(C(C)(C)C)c2O)(CSCCC(=O)O)C(=O)O)c(O)c(C(C)(C)C)c1. The summed E-state index contributed by atoms with van der Waals surface area (Å²) in [7, 11) is 0. The molecule has 240 valence electrons. The van der Waals surface area contributed by atoms with Crippen molar-refractivity contribution in [3.63, 3.8) is 0 Å². The molecule has 0 amide bonds. The number of phenolic OH excluding ortho intramolecular Hbond substituents is 2. The number of benzene rings is 2. The summed E-state index contributed by atoms with van der Waals surface area (Å²) in [6, 6.07) is 8.09. The van der Waals surface area contributed by atoms with E-state index in [1.807, 2.05) is 38.1 Å². The topological polar surface area (TPSA) is 115 Å². The summed E-state index contributed by atoms with van der Waals surface area (Å²) in [4.78, 5) is 23.8. The van der Waals surface area contributed by atoms with Crippen LogP contribution in [0.15, 0.2) is 24.3 Å². The third-order valence-electron chi connectivity index (χ3n) is 8.28. The Morgan fingerprint density at radius 3 is 1.47 bits per heavy atom. The van der Waals surface area contributed by atoms with Crippen LogP contribution in [0.2, 0.25) is 0 Å². The maximum Gasteiger partial charge on any atom is 0.310 e. The normalized spacial score (nSPS) is 12.5. The van der Waals surface area contributed by atoms with Gasteiger partial charge in [0, 0.05) is 11.5 Å². The van der Waals surface area contributed by atoms with Crippen molar-refractivity contribution in [1.82, 2.24) is 0 Å². The Morgan fingerprint density at radius 1 is 0.698 bits per heavy atom. The van der Waals surface area contributed by atoms with Crippen molar-refractivity contribution < 1.29 is 30.0 Å². The zero-order chi connectivity index (χ0) is 32.6. The number of aromatic hydroxyl groups is 2. The molecule has 0 saturated carbocycles. The van der Waals surface area contributed by atoms with Crippen molar-refractivity contribution in [2.75, 3.05) is 11.5 Å². The highest BCUT2D eigenvalue weighted by atomic mass is 32.2. The smallest absolute Gasteiger partial charge is 0.310 e. The number of unbranched alkanes of at least 4 members (excludes halogenated alkanes) is 2. The van der Waals surface area contributed by atoms with E-state index in [9.17, 15) is 24.9 Å². The second-order valence-electron chi connectivity index (χ2n) is 14.3. The van der Waals surface area contributed by atoms with E-state index >= 15 is 0 Å². The highest BCUT2D eigenvalue weighted by Gasteiger charge is 2.37. The monoisotopic (exact) mass is 614 g/mol. The minimum absolute atomic E-state index is 0.00581. The minimum Gasteiger partial charge on any atom is -0.507 e. The molecule has 6 nitrogen and oxygen atoms in total. The fourth-order valence-electron chi connectivity index (χ4n) is 5.76. The summed E-state index contributed by atoms with van der Waals surface area (Å²) in [5, 5.41) is 41.4. The van der Waals surface area contributed by atoms with Gasteiger partial charge < -0.3 is 20.4 Å². The second kappa shape index (κ2) is 15.4. The number of thioether (sulfide) groups is 1. The zero-order valence-corrected chi connectivity index (χ0v) is 28.4. The molecular formula is C36H54O6S. The molecule has 2 rings (SSSR count). The van der Waals surface area contributed by atoms with E-state index in [0.29, 0.717) is 61.5 Å². The molecule has 0 aliphatic rings. The third kappa shape index (κ3) is 10.8. The fourth-order valence-corrected chi connectivity index (χ4v) is 7.03. The Bertz CT molecular complexity index is 1170. The molecule has 4 N–H and O–H groups in total. The summed E-state index contributed by atoms with van der Waals surface area (Å²) in [6.45, 7) is 16.6. The average molecular weight is 615 g/mol. The molecule has 7 heteroatoms. The van der Waals surface area contributed by atoms with Gasteiger partial charge in [-0.2, -0.15) is 11.8 Å². The van der Waals surface area contributed by atoms with Crippen LogP contribution in [0.25, 0.3) is 0 Å². The molecule has 2 aromatic rings. The first-order valence-electron chi connectivity index (χ1n) is 15.6. The zero-order valence-electron chi connectivity index (χ0n) is 27.6. The van der Waals surface area contributed by atoms with Crippen LogP contribution in [-0.2, 0) is 33.3 Å². The summed E-state index contributed by atoms with van der Waals surface area (Å²) in [6.07, 6.45) is 5.21. The quantitative estimate of drug-likeness (QED) is 0.140. The standard InChI is InChI=1S/C36H54O6S/c1-24-19-26(31(39)28(21-24)34(3,4)5)13-9-11-16-36(33(41)42,23-43-18-15-30(37)38)17-12-10-14-27-20-25(2)22-29(32(27)40)35(6,7)8/h19-22,39-40H,9-18,23H2,1-8H3,(H,37,38)(H,41,42). The van der Waals surface area contributed by atoms with Crippen LogP contribution in [0.4, 0.5) is 0 Å². The van der Waals surface area contributed by atoms with Crippen molar-refractivity contribution >= 4 is 23.7 Å². The van der Waals surface area contributed by atoms with Crippen LogP contribution in [0.5, 0.6) is 11.5 Å². The van der Waals surface area contributed by atoms with E-state index in [0.717, 1.165) is 46.2 Å². The van der Waals surface area contributed by atoms with Crippen LogP contribution >= 0.6 is 11.8 Å². The van der Waals surface area contributed by atoms with E-state index in [2.05, 4.69) is 41.5 Å². The lowest BCUT2D eigenvalue weighted by molar-refractivity contribution is -0.148. The highest BCUT2D eigenvalue weighted by Crippen LogP contribution is 2.39. The van der Waals surface area contributed by atoms with Gasteiger partial charge in [-0.15, -0.1) is 0 Å². The van der Waals surface area contributed by atoms with Gasteiger partial charge in [-0.3, -0.25) is 9.59 Å². The molecule has 0 unspecified atom stereocenters. The van der Waals surface area contributed by atoms with Gasteiger partial charge in [0.1, 0.15) is 11.5 Å². The number of rotatable bonds is 16. The van der Waals surface area contributed by atoms with Crippen LogP contribution in [0.1, 0.15) is 120 Å². The van der Waals surface area contributed by atoms with Gasteiger partial charge in [-0.25, -0.2) is 0 Å². The molecule has 0 aliphatic heterocycles. The maximum absolute atomic E-state index is 12.8. The highest BCUT2D eigenvalue weighted by molar-refractivity contribution is 7.99. The molecule has 0 bridgehead atoms. The van der Waals surface area contributed by atoms with Crippen LogP contribution in [0, 0.1) is 19.3 Å². The lowest BCUT2D eigenvalue weighted by atomic mass is 9.79. The van der Waals surface area contributed by atoms with Gasteiger partial charge in [0.25, 0.3) is 0 Å². The van der Waals surface area contributed by atoms with Crippen LogP contribution < -0.4 is 0 Å². The van der Waals surface area contributed by atoms with Gasteiger partial charge >= 0.3 is 11.9 Å². The number of aliphatic carboxylic acids is 2. The summed E-state index contributed by atoms with van der Waals surface area (Å²) in [5.41, 5.74) is 4.52. The number of carboxylic acids is 2. The third-order valence-corrected chi connectivity index (χ3v) is 9.53. The molecule has 0 saturated heterocycles. The van der Waals surface area contributed by atoms with Gasteiger partial charge in [-0.1, -0.05) is 89.8 Å². The number of hydrogen-bond donors (Lipinski definition) is 4. The predicted octanol–water partition coefficient (Wildman–Crippen LogP) is 8.71. The van der Waals surface area contributed by atoms with Gasteiger partial charge in [0.05, 0.1) is 11.8 Å². The predicted molar refractivity (Wildman–Crippen MR) is 178 cm³/mol. The van der Waals surface area contributed by atoms with Crippen LogP contribution in [-0.4, -0.2) is 43.9 Å². The largest absolute Gasteiger partial charge is 0.507 e. The van der Waals surface area contributed by atoms with E-state index in [4.69, 9.17) is 5.11 Å². The first kappa shape index (κ1) is 36.5. The lowest BCUT2D eigenvalue weighted by Crippen LogP contribution is -2.34. The molecule has 0 atom stereocenters. The van der Waals surface area contributed by atoms with Crippen molar-refractivity contribution in [2.24, 2.45) is 5.41 Å². The van der Waals surface area contributed by atoms with Gasteiger partial charge in [-0.05, 0) is 85.5 Å². The summed E-state index contributed by atoms with van der Waals surface area (Å²) in [5.74, 6) is -0.305. The fraction of sp³-hybridized carbons (Fsp3) is 0.611. The first-order valence-corrected chi connectivity index (χ1v) is 16.7. The number of aryl methyl sites for hydroxylation is 4. The van der Waals surface area contributed by atoms with E-state index in [1.54, 1.807) is 0 Å². The molecule has 0 spiro atoms. The number of carboxylic acid groups (broad SMARTS) is 2. The van der Waals surface area contributed by atoms with Crippen molar-refractivity contribution in [1.29, 1.82) is 0 Å². The van der Waals surface area contributed by atoms with Crippen LogP contribution in [0.3, 0.4) is 0 Å². The second-order valence-corrected chi connectivity index (χ2v) is 15.4. The molecule has 43 heavy (non-hydrogen) atoms. The number of carbonyl (C=O) groups is 2. The Hall–Kier alpha value is -2.67. The van der Waals surface area contributed by atoms with Gasteiger partial charge in [0.2, 0.25) is 0 Å². The first-order chi connectivity index (χ1) is 19.9. The average Bonchev–Trinajstić information content (AvgIpc) is 2.88. The van der Waals surface area contributed by atoms with Crippen molar-refractivity contribution in [3.05, 3.63) is 57.6 Å². The molecule has 0 aromatic heterocycles. The van der Waals surface area contributed by atoms with Crippen molar-refractivity contribution in [3.8, 4) is 11.5 Å². The molecule has 0 aliphatic carbocycles. The number of phenols is 2. The van der Waals surface area contributed by atoms with E-state index in [1.165, 1.54) is 11.8 Å². The van der Waals surface area contributed by atoms with Gasteiger partial charge in [0.15, 0.2) is 0 Å². The molecule has 0 radical (unpaired) electrons. The summed E-state index contributed by atoms with van der Waals surface area (Å²) >= 11 is 1.40. The number of hydrogen-bond acceptors (Lipinski definition) is 5. The Balaban J connectivity index is 2.14. The Kier molecular flexibility index (Phi) is 13.0. The molecule has 0 fully saturated rings.